The Kier molecular flexibility index (Phi) is 3.04. The summed E-state index contributed by atoms with van der Waals surface area (Å²) in [7, 11) is 0. The second-order valence-corrected chi connectivity index (χ2v) is 4.94. The van der Waals surface area contributed by atoms with Crippen LogP contribution in [-0.4, -0.2) is 21.1 Å². The second kappa shape index (κ2) is 4.85. The number of fused-ring (bicyclic) bond motifs is 1. The molecule has 19 heavy (non-hydrogen) atoms. The van der Waals surface area contributed by atoms with Crippen LogP contribution < -0.4 is 10.5 Å². The van der Waals surface area contributed by atoms with Gasteiger partial charge in [-0.15, -0.1) is 5.10 Å². The van der Waals surface area contributed by atoms with Crippen LogP contribution in [0.1, 0.15) is 12.5 Å². The van der Waals surface area contributed by atoms with E-state index in [1.165, 1.54) is 28.1 Å². The standard InChI is InChI=1S/C12H12N4O2S/c1-2-15(7-9-4-6-18-8-9)12-14-16-10(17)3-5-13-11(16)19-12/h3-6,8H,2,7H2,1H3. The molecule has 0 radical (unpaired) electrons. The molecule has 0 spiro atoms. The lowest BCUT2D eigenvalue weighted by Crippen LogP contribution is -2.22. The zero-order valence-corrected chi connectivity index (χ0v) is 11.1. The second-order valence-electron chi connectivity index (χ2n) is 4.01. The first-order valence-electron chi connectivity index (χ1n) is 5.89. The van der Waals surface area contributed by atoms with Crippen LogP contribution in [-0.2, 0) is 6.54 Å². The minimum absolute atomic E-state index is 0.160. The van der Waals surface area contributed by atoms with Crippen molar-refractivity contribution in [3.05, 3.63) is 46.8 Å². The molecule has 6 nitrogen and oxygen atoms in total. The molecule has 0 bridgehead atoms. The lowest BCUT2D eigenvalue weighted by Gasteiger charge is -2.17. The van der Waals surface area contributed by atoms with Gasteiger partial charge in [0.15, 0.2) is 0 Å². The molecule has 0 unspecified atom stereocenters. The molecule has 98 valence electrons. The van der Waals surface area contributed by atoms with E-state index in [0.29, 0.717) is 11.5 Å². The van der Waals surface area contributed by atoms with Crippen LogP contribution in [0.25, 0.3) is 4.96 Å². The summed E-state index contributed by atoms with van der Waals surface area (Å²) in [6, 6.07) is 3.32. The van der Waals surface area contributed by atoms with Crippen LogP contribution in [0.4, 0.5) is 5.13 Å². The Hall–Kier alpha value is -2.15. The number of nitrogens with zero attached hydrogens (tertiary/aromatic N) is 4. The summed E-state index contributed by atoms with van der Waals surface area (Å²) in [5.74, 6) is 0. The van der Waals surface area contributed by atoms with E-state index in [0.717, 1.165) is 17.2 Å². The first-order chi connectivity index (χ1) is 9.28. The van der Waals surface area contributed by atoms with Gasteiger partial charge >= 0.3 is 0 Å². The highest BCUT2D eigenvalue weighted by Gasteiger charge is 2.13. The van der Waals surface area contributed by atoms with E-state index in [1.807, 2.05) is 13.0 Å². The Bertz CT molecular complexity index is 732. The number of rotatable bonds is 4. The third-order valence-electron chi connectivity index (χ3n) is 2.77. The molecule has 0 aliphatic heterocycles. The highest BCUT2D eigenvalue weighted by Crippen LogP contribution is 2.22. The van der Waals surface area contributed by atoms with E-state index >= 15 is 0 Å². The van der Waals surface area contributed by atoms with E-state index in [9.17, 15) is 4.79 Å². The van der Waals surface area contributed by atoms with Gasteiger partial charge in [0, 0.05) is 30.9 Å². The molecule has 3 heterocycles. The molecule has 3 aromatic heterocycles. The SMILES string of the molecule is CCN(Cc1ccoc1)c1nn2c(=O)ccnc2s1. The normalized spacial score (nSPS) is 11.0. The smallest absolute Gasteiger partial charge is 0.275 e. The summed E-state index contributed by atoms with van der Waals surface area (Å²) in [4.78, 5) is 18.5. The zero-order valence-electron chi connectivity index (χ0n) is 10.3. The number of anilines is 1. The Labute approximate surface area is 112 Å². The van der Waals surface area contributed by atoms with Crippen molar-refractivity contribution in [2.45, 2.75) is 13.5 Å². The third-order valence-corrected chi connectivity index (χ3v) is 3.75. The minimum atomic E-state index is -0.160. The van der Waals surface area contributed by atoms with Crippen LogP contribution >= 0.6 is 11.3 Å². The number of aromatic nitrogens is 3. The highest BCUT2D eigenvalue weighted by atomic mass is 32.1. The van der Waals surface area contributed by atoms with Gasteiger partial charge in [0.25, 0.3) is 5.56 Å². The van der Waals surface area contributed by atoms with Crippen molar-refractivity contribution >= 4 is 21.4 Å². The molecule has 0 aromatic carbocycles. The summed E-state index contributed by atoms with van der Waals surface area (Å²) in [5.41, 5.74) is 0.910. The Morgan fingerprint density at radius 2 is 2.37 bits per heavy atom. The van der Waals surface area contributed by atoms with Crippen molar-refractivity contribution < 1.29 is 4.42 Å². The van der Waals surface area contributed by atoms with Gasteiger partial charge in [0.05, 0.1) is 12.5 Å². The molecule has 0 aliphatic rings. The number of hydrogen-bond donors (Lipinski definition) is 0. The maximum atomic E-state index is 11.7. The first-order valence-corrected chi connectivity index (χ1v) is 6.70. The quantitative estimate of drug-likeness (QED) is 0.726. The third kappa shape index (κ3) is 2.24. The van der Waals surface area contributed by atoms with Crippen LogP contribution in [0.3, 0.4) is 0 Å². The molecule has 0 fully saturated rings. The Morgan fingerprint density at radius 3 is 3.05 bits per heavy atom. The lowest BCUT2D eigenvalue weighted by atomic mass is 10.3. The summed E-state index contributed by atoms with van der Waals surface area (Å²) in [6.07, 6.45) is 4.86. The maximum absolute atomic E-state index is 11.7. The van der Waals surface area contributed by atoms with Crippen molar-refractivity contribution in [1.29, 1.82) is 0 Å². The molecule has 0 amide bonds. The van der Waals surface area contributed by atoms with E-state index in [-0.39, 0.29) is 5.56 Å². The van der Waals surface area contributed by atoms with Crippen molar-refractivity contribution in [2.24, 2.45) is 0 Å². The van der Waals surface area contributed by atoms with Crippen LogP contribution in [0.15, 0.2) is 40.1 Å². The van der Waals surface area contributed by atoms with Gasteiger partial charge in [-0.05, 0) is 13.0 Å². The van der Waals surface area contributed by atoms with Gasteiger partial charge in [0.2, 0.25) is 10.1 Å². The Balaban J connectivity index is 1.97. The van der Waals surface area contributed by atoms with Crippen molar-refractivity contribution in [2.75, 3.05) is 11.4 Å². The average molecular weight is 276 g/mol. The summed E-state index contributed by atoms with van der Waals surface area (Å²) < 4.78 is 6.39. The van der Waals surface area contributed by atoms with Gasteiger partial charge in [-0.1, -0.05) is 11.3 Å². The highest BCUT2D eigenvalue weighted by molar-refractivity contribution is 7.20. The maximum Gasteiger partial charge on any atom is 0.275 e. The molecule has 0 atom stereocenters. The van der Waals surface area contributed by atoms with Gasteiger partial charge in [-0.2, -0.15) is 4.52 Å². The molecule has 3 aromatic rings. The van der Waals surface area contributed by atoms with E-state index < -0.39 is 0 Å². The van der Waals surface area contributed by atoms with Crippen molar-refractivity contribution in [3.63, 3.8) is 0 Å². The molecule has 0 aliphatic carbocycles. The topological polar surface area (TPSA) is 63.6 Å². The van der Waals surface area contributed by atoms with Crippen LogP contribution in [0.2, 0.25) is 0 Å². The average Bonchev–Trinajstić information content (AvgIpc) is 3.05. The first kappa shape index (κ1) is 11.9. The molecule has 0 N–H and O–H groups in total. The van der Waals surface area contributed by atoms with Crippen molar-refractivity contribution in [1.82, 2.24) is 14.6 Å². The molecule has 0 saturated carbocycles. The van der Waals surface area contributed by atoms with Crippen LogP contribution in [0, 0.1) is 0 Å². The Morgan fingerprint density at radius 1 is 1.47 bits per heavy atom. The fourth-order valence-corrected chi connectivity index (χ4v) is 2.72. The molecular weight excluding hydrogens is 264 g/mol. The van der Waals surface area contributed by atoms with Gasteiger partial charge in [-0.3, -0.25) is 4.79 Å². The van der Waals surface area contributed by atoms with Crippen LogP contribution in [0.5, 0.6) is 0 Å². The lowest BCUT2D eigenvalue weighted by molar-refractivity contribution is 0.563. The fraction of sp³-hybridized carbons (Fsp3) is 0.250. The number of hydrogen-bond acceptors (Lipinski definition) is 6. The summed E-state index contributed by atoms with van der Waals surface area (Å²) in [6.45, 7) is 3.53. The van der Waals surface area contributed by atoms with Gasteiger partial charge < -0.3 is 9.32 Å². The minimum Gasteiger partial charge on any atom is -0.472 e. The molecule has 3 rings (SSSR count). The van der Waals surface area contributed by atoms with Gasteiger partial charge in [0.1, 0.15) is 0 Å². The van der Waals surface area contributed by atoms with Gasteiger partial charge in [-0.25, -0.2) is 4.98 Å². The predicted octanol–water partition coefficient (Wildman–Crippen LogP) is 1.77. The summed E-state index contributed by atoms with van der Waals surface area (Å²) >= 11 is 1.40. The largest absolute Gasteiger partial charge is 0.472 e. The number of furan rings is 1. The summed E-state index contributed by atoms with van der Waals surface area (Å²) in [5, 5.41) is 5.10. The molecule has 0 saturated heterocycles. The molecule has 7 heteroatoms. The zero-order chi connectivity index (χ0) is 13.2. The van der Waals surface area contributed by atoms with E-state index in [1.54, 1.807) is 12.5 Å². The fourth-order valence-electron chi connectivity index (χ4n) is 1.78. The van der Waals surface area contributed by atoms with E-state index in [4.69, 9.17) is 4.42 Å². The molecular formula is C12H12N4O2S. The monoisotopic (exact) mass is 276 g/mol. The van der Waals surface area contributed by atoms with E-state index in [2.05, 4.69) is 15.0 Å². The van der Waals surface area contributed by atoms with Crippen molar-refractivity contribution in [3.8, 4) is 0 Å². The predicted molar refractivity (Wildman–Crippen MR) is 72.6 cm³/mol.